The van der Waals surface area contributed by atoms with E-state index in [1.54, 1.807) is 0 Å². The van der Waals surface area contributed by atoms with E-state index in [1.807, 2.05) is 0 Å². The summed E-state index contributed by atoms with van der Waals surface area (Å²) in [4.78, 5) is 11.3. The summed E-state index contributed by atoms with van der Waals surface area (Å²) < 4.78 is -0.371. The minimum absolute atomic E-state index is 0.371. The summed E-state index contributed by atoms with van der Waals surface area (Å²) in [5.41, 5.74) is -0.598. The van der Waals surface area contributed by atoms with Gasteiger partial charge in [0.05, 0.1) is 8.65 Å². The van der Waals surface area contributed by atoms with Gasteiger partial charge in [-0.3, -0.25) is 4.79 Å². The van der Waals surface area contributed by atoms with Crippen molar-refractivity contribution in [2.45, 2.75) is 35.3 Å². The van der Waals surface area contributed by atoms with Crippen LogP contribution < -0.4 is 0 Å². The normalized spacial score (nSPS) is 37.6. The summed E-state index contributed by atoms with van der Waals surface area (Å²) in [6.45, 7) is 0. The van der Waals surface area contributed by atoms with Gasteiger partial charge in [-0.1, -0.05) is 44.0 Å². The molecule has 0 saturated heterocycles. The van der Waals surface area contributed by atoms with Crippen molar-refractivity contribution in [2.75, 3.05) is 0 Å². The van der Waals surface area contributed by atoms with Crippen molar-refractivity contribution in [1.29, 1.82) is 0 Å². The second kappa shape index (κ2) is 3.88. The lowest BCUT2D eigenvalue weighted by molar-refractivity contribution is -0.143. The van der Waals surface area contributed by atoms with Crippen LogP contribution in [0.1, 0.15) is 32.1 Å². The number of carboxylic acid groups (broad SMARTS) is 1. The lowest BCUT2D eigenvalue weighted by Crippen LogP contribution is -2.24. The van der Waals surface area contributed by atoms with Gasteiger partial charge in [0, 0.05) is 0 Å². The Labute approximate surface area is 106 Å². The Hall–Kier alpha value is 0.170. The number of carboxylic acids is 1. The van der Waals surface area contributed by atoms with Crippen molar-refractivity contribution < 1.29 is 9.90 Å². The van der Waals surface area contributed by atoms with Gasteiger partial charge in [-0.15, -0.1) is 0 Å². The second-order valence-corrected chi connectivity index (χ2v) is 8.36. The van der Waals surface area contributed by atoms with Gasteiger partial charge in [0.2, 0.25) is 0 Å². The van der Waals surface area contributed by atoms with Crippen LogP contribution in [0.5, 0.6) is 0 Å². The third-order valence-electron chi connectivity index (χ3n) is 3.47. The monoisotopic (exact) mass is 336 g/mol. The molecule has 0 aromatic carbocycles. The summed E-state index contributed by atoms with van der Waals surface area (Å²) in [5, 5.41) is 9.29. The lowest BCUT2D eigenvalue weighted by atomic mass is 9.85. The molecule has 2 aliphatic carbocycles. The highest BCUT2D eigenvalue weighted by molar-refractivity contribution is 9.25. The van der Waals surface area contributed by atoms with E-state index < -0.39 is 11.4 Å². The zero-order valence-electron chi connectivity index (χ0n) is 8.38. The van der Waals surface area contributed by atoms with Gasteiger partial charge < -0.3 is 5.11 Å². The van der Waals surface area contributed by atoms with Crippen molar-refractivity contribution in [1.82, 2.24) is 0 Å². The van der Waals surface area contributed by atoms with E-state index in [0.717, 1.165) is 19.3 Å². The number of aliphatic carboxylic acids is 1. The van der Waals surface area contributed by atoms with Gasteiger partial charge in [0.15, 0.2) is 0 Å². The first-order valence-corrected chi connectivity index (χ1v) is 6.84. The molecule has 2 unspecified atom stereocenters. The van der Waals surface area contributed by atoms with Crippen LogP contribution >= 0.6 is 31.9 Å². The molecule has 0 aromatic rings. The smallest absolute Gasteiger partial charge is 0.312 e. The molecule has 0 aromatic heterocycles. The molecule has 0 bridgehead atoms. The average Bonchev–Trinajstić information content (AvgIpc) is 2.71. The Balaban J connectivity index is 2.06. The fourth-order valence-corrected chi connectivity index (χ4v) is 4.00. The van der Waals surface area contributed by atoms with E-state index in [0.29, 0.717) is 12.3 Å². The van der Waals surface area contributed by atoms with Crippen molar-refractivity contribution in [3.63, 3.8) is 0 Å². The van der Waals surface area contributed by atoms with Crippen molar-refractivity contribution in [3.05, 3.63) is 12.2 Å². The molecule has 84 valence electrons. The van der Waals surface area contributed by atoms with E-state index in [2.05, 4.69) is 44.0 Å². The molecular formula is C11H14Br2O2. The maximum Gasteiger partial charge on any atom is 0.312 e. The topological polar surface area (TPSA) is 37.3 Å². The summed E-state index contributed by atoms with van der Waals surface area (Å²) >= 11 is 6.90. The number of alkyl halides is 2. The van der Waals surface area contributed by atoms with Crippen molar-refractivity contribution >= 4 is 37.8 Å². The van der Waals surface area contributed by atoms with Crippen LogP contribution in [-0.4, -0.2) is 14.3 Å². The van der Waals surface area contributed by atoms with Crippen LogP contribution in [0.15, 0.2) is 12.2 Å². The SMILES string of the molecule is O=C(O)C1(CC2C=CCCC2)CC1(Br)Br. The zero-order chi connectivity index (χ0) is 11.1. The first-order valence-electron chi connectivity index (χ1n) is 5.26. The number of hydrogen-bond donors (Lipinski definition) is 1. The van der Waals surface area contributed by atoms with E-state index >= 15 is 0 Å². The highest BCUT2D eigenvalue weighted by atomic mass is 79.9. The molecule has 2 atom stereocenters. The molecule has 4 heteroatoms. The molecule has 0 radical (unpaired) electrons. The molecule has 1 N–H and O–H groups in total. The minimum atomic E-state index is -0.685. The van der Waals surface area contributed by atoms with E-state index in [-0.39, 0.29) is 3.23 Å². The number of hydrogen-bond acceptors (Lipinski definition) is 1. The fraction of sp³-hybridized carbons (Fsp3) is 0.727. The highest BCUT2D eigenvalue weighted by Crippen LogP contribution is 2.69. The van der Waals surface area contributed by atoms with Gasteiger partial charge >= 0.3 is 5.97 Å². The molecule has 0 amide bonds. The number of allylic oxidation sites excluding steroid dienone is 2. The van der Waals surface area contributed by atoms with E-state index in [1.165, 1.54) is 6.42 Å². The number of carbonyl (C=O) groups is 1. The molecule has 0 heterocycles. The third kappa shape index (κ3) is 2.03. The molecule has 0 spiro atoms. The maximum atomic E-state index is 11.3. The Bertz CT molecular complexity index is 312. The summed E-state index contributed by atoms with van der Waals surface area (Å²) in [5.74, 6) is -0.248. The fourth-order valence-electron chi connectivity index (χ4n) is 2.38. The third-order valence-corrected chi connectivity index (χ3v) is 5.55. The first-order chi connectivity index (χ1) is 6.98. The van der Waals surface area contributed by atoms with Gasteiger partial charge in [0.1, 0.15) is 0 Å². The van der Waals surface area contributed by atoms with E-state index in [9.17, 15) is 9.90 Å². The molecule has 2 nitrogen and oxygen atoms in total. The van der Waals surface area contributed by atoms with E-state index in [4.69, 9.17) is 0 Å². The maximum absolute atomic E-state index is 11.3. The van der Waals surface area contributed by atoms with Crippen LogP contribution in [0.3, 0.4) is 0 Å². The predicted octanol–water partition coefficient (Wildman–Crippen LogP) is 3.69. The largest absolute Gasteiger partial charge is 0.481 e. The molecule has 1 saturated carbocycles. The molecule has 2 aliphatic rings. The lowest BCUT2D eigenvalue weighted by Gasteiger charge is -2.21. The summed E-state index contributed by atoms with van der Waals surface area (Å²) in [6, 6.07) is 0. The van der Waals surface area contributed by atoms with Crippen LogP contribution in [0.4, 0.5) is 0 Å². The molecule has 1 fully saturated rings. The molecule has 2 rings (SSSR count). The van der Waals surface area contributed by atoms with Crippen LogP contribution in [0.25, 0.3) is 0 Å². The number of halogens is 2. The predicted molar refractivity (Wildman–Crippen MR) is 66.4 cm³/mol. The Kier molecular flexibility index (Phi) is 3.01. The zero-order valence-corrected chi connectivity index (χ0v) is 11.6. The first kappa shape index (κ1) is 11.6. The minimum Gasteiger partial charge on any atom is -0.481 e. The van der Waals surface area contributed by atoms with Gasteiger partial charge in [-0.2, -0.15) is 0 Å². The second-order valence-electron chi connectivity index (χ2n) is 4.59. The van der Waals surface area contributed by atoms with Gasteiger partial charge in [-0.05, 0) is 38.0 Å². The van der Waals surface area contributed by atoms with Gasteiger partial charge in [-0.25, -0.2) is 0 Å². The molecular weight excluding hydrogens is 324 g/mol. The van der Waals surface area contributed by atoms with Gasteiger partial charge in [0.25, 0.3) is 0 Å². The standard InChI is InChI=1S/C11H14Br2O2/c12-11(13)7-10(11,9(14)15)6-8-4-2-1-3-5-8/h2,4,8H,1,3,5-7H2,(H,14,15). The highest BCUT2D eigenvalue weighted by Gasteiger charge is 2.70. The number of rotatable bonds is 3. The quantitative estimate of drug-likeness (QED) is 0.630. The Morgan fingerprint density at radius 1 is 1.53 bits per heavy atom. The average molecular weight is 338 g/mol. The molecule has 15 heavy (non-hydrogen) atoms. The van der Waals surface area contributed by atoms with Crippen molar-refractivity contribution in [2.24, 2.45) is 11.3 Å². The van der Waals surface area contributed by atoms with Crippen LogP contribution in [-0.2, 0) is 4.79 Å². The van der Waals surface area contributed by atoms with Crippen LogP contribution in [0, 0.1) is 11.3 Å². The molecule has 0 aliphatic heterocycles. The van der Waals surface area contributed by atoms with Crippen molar-refractivity contribution in [3.8, 4) is 0 Å². The Morgan fingerprint density at radius 3 is 2.60 bits per heavy atom. The summed E-state index contributed by atoms with van der Waals surface area (Å²) in [6.07, 6.45) is 9.24. The van der Waals surface area contributed by atoms with Crippen LogP contribution in [0.2, 0.25) is 0 Å². The Morgan fingerprint density at radius 2 is 2.20 bits per heavy atom. The summed E-state index contributed by atoms with van der Waals surface area (Å²) in [7, 11) is 0.